The molecule has 0 aliphatic rings. The molecule has 0 unspecified atom stereocenters. The van der Waals surface area contributed by atoms with E-state index in [4.69, 9.17) is 0 Å². The first-order valence-corrected chi connectivity index (χ1v) is 4.36. The molecule has 1 heteroatoms. The molecule has 0 saturated carbocycles. The molecule has 0 aromatic heterocycles. The van der Waals surface area contributed by atoms with Crippen molar-refractivity contribution in [3.8, 4) is 0 Å². The van der Waals surface area contributed by atoms with Crippen LogP contribution in [0.15, 0.2) is 17.3 Å². The third-order valence-electron chi connectivity index (χ3n) is 0.920. The van der Waals surface area contributed by atoms with Crippen LogP contribution in [0.25, 0.3) is 0 Å². The summed E-state index contributed by atoms with van der Waals surface area (Å²) in [7, 11) is 0. The maximum absolute atomic E-state index is 4.19. The van der Waals surface area contributed by atoms with Crippen LogP contribution < -0.4 is 0 Å². The SMILES string of the molecule is C=C(CCC)N=C(C)C.CC. The molecule has 0 bridgehead atoms. The molecule has 0 aliphatic carbocycles. The Morgan fingerprint density at radius 1 is 1.27 bits per heavy atom. The number of hydrogen-bond donors (Lipinski definition) is 0. The first-order valence-electron chi connectivity index (χ1n) is 4.36. The molecule has 0 aliphatic heterocycles. The molecule has 0 rings (SSSR count). The Labute approximate surface area is 71.2 Å². The van der Waals surface area contributed by atoms with Gasteiger partial charge in [0.25, 0.3) is 0 Å². The third-order valence-corrected chi connectivity index (χ3v) is 0.920. The summed E-state index contributed by atoms with van der Waals surface area (Å²) in [6.07, 6.45) is 2.15. The smallest absolute Gasteiger partial charge is 0.0330 e. The maximum atomic E-state index is 4.19. The summed E-state index contributed by atoms with van der Waals surface area (Å²) in [5.41, 5.74) is 2.09. The van der Waals surface area contributed by atoms with E-state index in [2.05, 4.69) is 18.5 Å². The fourth-order valence-electron chi connectivity index (χ4n) is 0.661. The van der Waals surface area contributed by atoms with E-state index in [-0.39, 0.29) is 0 Å². The van der Waals surface area contributed by atoms with Crippen LogP contribution in [0.1, 0.15) is 47.5 Å². The van der Waals surface area contributed by atoms with Crippen LogP contribution >= 0.6 is 0 Å². The molecule has 0 amide bonds. The maximum Gasteiger partial charge on any atom is 0.0330 e. The highest BCUT2D eigenvalue weighted by Gasteiger charge is 1.86. The van der Waals surface area contributed by atoms with Crippen molar-refractivity contribution < 1.29 is 0 Å². The quantitative estimate of drug-likeness (QED) is 0.550. The van der Waals surface area contributed by atoms with Gasteiger partial charge in [0.15, 0.2) is 0 Å². The molecule has 0 atom stereocenters. The van der Waals surface area contributed by atoms with E-state index >= 15 is 0 Å². The zero-order valence-corrected chi connectivity index (χ0v) is 8.57. The standard InChI is InChI=1S/C8H15N.C2H6/c1-5-6-8(4)9-7(2)3;1-2/h4-6H2,1-3H3;1-2H3. The van der Waals surface area contributed by atoms with Crippen LogP contribution in [0.2, 0.25) is 0 Å². The first kappa shape index (κ1) is 13.0. The van der Waals surface area contributed by atoms with Crippen LogP contribution in [0.5, 0.6) is 0 Å². The second-order valence-electron chi connectivity index (χ2n) is 2.38. The molecular formula is C10H21N. The molecule has 66 valence electrons. The molecule has 0 N–H and O–H groups in total. The lowest BCUT2D eigenvalue weighted by atomic mass is 10.3. The molecule has 0 saturated heterocycles. The van der Waals surface area contributed by atoms with E-state index in [0.29, 0.717) is 0 Å². The van der Waals surface area contributed by atoms with Crippen molar-refractivity contribution in [2.75, 3.05) is 0 Å². The minimum absolute atomic E-state index is 0.998. The number of rotatable bonds is 3. The Kier molecular flexibility index (Phi) is 11.1. The zero-order chi connectivity index (χ0) is 9.28. The minimum atomic E-state index is 0.998. The summed E-state index contributed by atoms with van der Waals surface area (Å²) in [5, 5.41) is 0. The van der Waals surface area contributed by atoms with E-state index in [1.165, 1.54) is 0 Å². The Hall–Kier alpha value is -0.590. The Balaban J connectivity index is 0. The average molecular weight is 155 g/mol. The van der Waals surface area contributed by atoms with Crippen molar-refractivity contribution in [2.24, 2.45) is 4.99 Å². The highest BCUT2D eigenvalue weighted by atomic mass is 14.7. The van der Waals surface area contributed by atoms with E-state index in [1.54, 1.807) is 0 Å². The Bertz CT molecular complexity index is 119. The highest BCUT2D eigenvalue weighted by molar-refractivity contribution is 5.80. The highest BCUT2D eigenvalue weighted by Crippen LogP contribution is 2.02. The van der Waals surface area contributed by atoms with Crippen molar-refractivity contribution >= 4 is 5.71 Å². The molecule has 0 aromatic rings. The normalized spacial score (nSPS) is 7.73. The lowest BCUT2D eigenvalue weighted by Gasteiger charge is -1.94. The lowest BCUT2D eigenvalue weighted by Crippen LogP contribution is -1.82. The zero-order valence-electron chi connectivity index (χ0n) is 8.57. The van der Waals surface area contributed by atoms with Crippen molar-refractivity contribution in [3.05, 3.63) is 12.3 Å². The van der Waals surface area contributed by atoms with Crippen LogP contribution in [0.3, 0.4) is 0 Å². The minimum Gasteiger partial charge on any atom is -0.263 e. The summed E-state index contributed by atoms with van der Waals surface area (Å²) in [5.74, 6) is 0. The average Bonchev–Trinajstić information content (AvgIpc) is 1.91. The fourth-order valence-corrected chi connectivity index (χ4v) is 0.661. The number of hydrogen-bond acceptors (Lipinski definition) is 1. The molecule has 0 heterocycles. The largest absolute Gasteiger partial charge is 0.263 e. The topological polar surface area (TPSA) is 12.4 Å². The first-order chi connectivity index (χ1) is 5.16. The fraction of sp³-hybridized carbons (Fsp3) is 0.700. The van der Waals surface area contributed by atoms with Gasteiger partial charge in [0.05, 0.1) is 0 Å². The number of allylic oxidation sites excluding steroid dienone is 1. The molecular weight excluding hydrogens is 134 g/mol. The van der Waals surface area contributed by atoms with Gasteiger partial charge in [-0.2, -0.15) is 0 Å². The van der Waals surface area contributed by atoms with Crippen LogP contribution in [-0.2, 0) is 0 Å². The lowest BCUT2D eigenvalue weighted by molar-refractivity contribution is 0.897. The predicted molar refractivity (Wildman–Crippen MR) is 54.2 cm³/mol. The molecule has 11 heavy (non-hydrogen) atoms. The second kappa shape index (κ2) is 9.41. The number of aliphatic imine (C=N–C) groups is 1. The second-order valence-corrected chi connectivity index (χ2v) is 2.38. The van der Waals surface area contributed by atoms with Crippen molar-refractivity contribution in [1.29, 1.82) is 0 Å². The molecule has 0 aromatic carbocycles. The van der Waals surface area contributed by atoms with Crippen LogP contribution in [-0.4, -0.2) is 5.71 Å². The Morgan fingerprint density at radius 3 is 2.00 bits per heavy atom. The monoisotopic (exact) mass is 155 g/mol. The van der Waals surface area contributed by atoms with Crippen molar-refractivity contribution in [3.63, 3.8) is 0 Å². The molecule has 1 nitrogen and oxygen atoms in total. The number of nitrogens with zero attached hydrogens (tertiary/aromatic N) is 1. The predicted octanol–water partition coefficient (Wildman–Crippen LogP) is 3.81. The van der Waals surface area contributed by atoms with E-state index in [0.717, 1.165) is 24.3 Å². The third kappa shape index (κ3) is 12.6. The Morgan fingerprint density at radius 2 is 1.73 bits per heavy atom. The van der Waals surface area contributed by atoms with Gasteiger partial charge in [0.1, 0.15) is 0 Å². The van der Waals surface area contributed by atoms with Gasteiger partial charge < -0.3 is 0 Å². The van der Waals surface area contributed by atoms with Crippen LogP contribution in [0, 0.1) is 0 Å². The van der Waals surface area contributed by atoms with Gasteiger partial charge in [0, 0.05) is 11.4 Å². The van der Waals surface area contributed by atoms with E-state index in [9.17, 15) is 0 Å². The van der Waals surface area contributed by atoms with Gasteiger partial charge in [-0.05, 0) is 20.3 Å². The van der Waals surface area contributed by atoms with Crippen molar-refractivity contribution in [1.82, 2.24) is 0 Å². The van der Waals surface area contributed by atoms with Gasteiger partial charge in [-0.25, -0.2) is 0 Å². The summed E-state index contributed by atoms with van der Waals surface area (Å²) >= 11 is 0. The summed E-state index contributed by atoms with van der Waals surface area (Å²) in [6.45, 7) is 13.9. The molecule has 0 spiro atoms. The molecule has 0 fully saturated rings. The van der Waals surface area contributed by atoms with Gasteiger partial charge >= 0.3 is 0 Å². The summed E-state index contributed by atoms with van der Waals surface area (Å²) in [4.78, 5) is 4.19. The van der Waals surface area contributed by atoms with E-state index in [1.807, 2.05) is 27.7 Å². The van der Waals surface area contributed by atoms with Gasteiger partial charge in [0.2, 0.25) is 0 Å². The molecule has 0 radical (unpaired) electrons. The van der Waals surface area contributed by atoms with Gasteiger partial charge in [-0.1, -0.05) is 33.8 Å². The van der Waals surface area contributed by atoms with Crippen LogP contribution in [0.4, 0.5) is 0 Å². The van der Waals surface area contributed by atoms with Gasteiger partial charge in [-0.3, -0.25) is 4.99 Å². The summed E-state index contributed by atoms with van der Waals surface area (Å²) < 4.78 is 0. The summed E-state index contributed by atoms with van der Waals surface area (Å²) in [6, 6.07) is 0. The van der Waals surface area contributed by atoms with Crippen molar-refractivity contribution in [2.45, 2.75) is 47.5 Å². The van der Waals surface area contributed by atoms with Gasteiger partial charge in [-0.15, -0.1) is 0 Å². The van der Waals surface area contributed by atoms with E-state index < -0.39 is 0 Å².